The molecule has 3 heteroatoms. The van der Waals surface area contributed by atoms with E-state index in [1.54, 1.807) is 0 Å². The summed E-state index contributed by atoms with van der Waals surface area (Å²) in [6.07, 6.45) is 6.31. The van der Waals surface area contributed by atoms with E-state index in [0.29, 0.717) is 6.61 Å². The zero-order chi connectivity index (χ0) is 12.1. The molecule has 0 saturated heterocycles. The first kappa shape index (κ1) is 13.6. The molecule has 17 heavy (non-hydrogen) atoms. The van der Waals surface area contributed by atoms with E-state index in [9.17, 15) is 0 Å². The first-order valence-corrected chi connectivity index (χ1v) is 8.11. The van der Waals surface area contributed by atoms with Gasteiger partial charge < -0.3 is 4.74 Å². The second kappa shape index (κ2) is 6.35. The van der Waals surface area contributed by atoms with Crippen LogP contribution in [-0.4, -0.2) is 10.9 Å². The van der Waals surface area contributed by atoms with Crippen molar-refractivity contribution in [1.29, 1.82) is 0 Å². The number of hydrogen-bond acceptors (Lipinski definition) is 1. The van der Waals surface area contributed by atoms with Crippen molar-refractivity contribution in [3.63, 3.8) is 0 Å². The van der Waals surface area contributed by atoms with Crippen molar-refractivity contribution in [3.8, 4) is 0 Å². The molecule has 0 atom stereocenters. The largest absolute Gasteiger partial charge is 0.369 e. The molecule has 1 aromatic carbocycles. The monoisotopic (exact) mass is 360 g/mol. The molecule has 0 aliphatic heterocycles. The minimum atomic E-state index is 0.0630. The number of benzene rings is 1. The van der Waals surface area contributed by atoms with Crippen molar-refractivity contribution in [2.24, 2.45) is 0 Å². The zero-order valence-corrected chi connectivity index (χ0v) is 13.1. The van der Waals surface area contributed by atoms with Gasteiger partial charge in [-0.3, -0.25) is 0 Å². The van der Waals surface area contributed by atoms with Crippen LogP contribution in [0.4, 0.5) is 0 Å². The van der Waals surface area contributed by atoms with Crippen LogP contribution in [0.2, 0.25) is 0 Å². The third kappa shape index (κ3) is 3.55. The lowest BCUT2D eigenvalue weighted by Crippen LogP contribution is -2.36. The maximum Gasteiger partial charge on any atom is 0.0783 e. The minimum absolute atomic E-state index is 0.0630. The molecule has 0 amide bonds. The Bertz CT molecular complexity index is 359. The van der Waals surface area contributed by atoms with Gasteiger partial charge in [0.1, 0.15) is 0 Å². The van der Waals surface area contributed by atoms with E-state index in [2.05, 4.69) is 50.1 Å². The number of alkyl halides is 1. The number of ether oxygens (including phenoxy) is 1. The number of halogens is 2. The molecule has 1 nitrogen and oxygen atoms in total. The van der Waals surface area contributed by atoms with Crippen LogP contribution in [0.1, 0.15) is 37.7 Å². The first-order valence-electron chi connectivity index (χ1n) is 6.19. The Labute approximate surface area is 120 Å². The third-order valence-corrected chi connectivity index (χ3v) is 5.30. The highest BCUT2D eigenvalue weighted by molar-refractivity contribution is 9.10. The maximum absolute atomic E-state index is 6.21. The average molecular weight is 362 g/mol. The van der Waals surface area contributed by atoms with Gasteiger partial charge in [0.05, 0.1) is 12.2 Å². The van der Waals surface area contributed by atoms with Crippen molar-refractivity contribution < 1.29 is 4.74 Å². The number of rotatable bonds is 4. The predicted octanol–water partition coefficient (Wildman–Crippen LogP) is 5.06. The molecule has 0 N–H and O–H groups in total. The molecule has 94 valence electrons. The van der Waals surface area contributed by atoms with Gasteiger partial charge in [-0.15, -0.1) is 0 Å². The first-order chi connectivity index (χ1) is 8.26. The standard InChI is InChI=1S/C14H18Br2O/c15-11-14(8-4-1-5-9-14)17-10-12-6-2-3-7-13(12)16/h2-3,6-7H,1,4-5,8-11H2. The van der Waals surface area contributed by atoms with Crippen molar-refractivity contribution in [3.05, 3.63) is 34.3 Å². The van der Waals surface area contributed by atoms with Crippen LogP contribution in [0.15, 0.2) is 28.7 Å². The summed E-state index contributed by atoms with van der Waals surface area (Å²) in [5, 5.41) is 0.949. The van der Waals surface area contributed by atoms with Crippen LogP contribution in [-0.2, 0) is 11.3 Å². The molecule has 1 aliphatic rings. The van der Waals surface area contributed by atoms with Gasteiger partial charge >= 0.3 is 0 Å². The van der Waals surface area contributed by atoms with Crippen molar-refractivity contribution in [2.45, 2.75) is 44.3 Å². The van der Waals surface area contributed by atoms with E-state index in [-0.39, 0.29) is 5.60 Å². The Hall–Kier alpha value is 0.140. The highest BCUT2D eigenvalue weighted by atomic mass is 79.9. The Morgan fingerprint density at radius 3 is 2.47 bits per heavy atom. The van der Waals surface area contributed by atoms with Gasteiger partial charge in [-0.25, -0.2) is 0 Å². The summed E-state index contributed by atoms with van der Waals surface area (Å²) in [5.41, 5.74) is 1.30. The second-order valence-corrected chi connectivity index (χ2v) is 6.17. The van der Waals surface area contributed by atoms with E-state index in [0.717, 1.165) is 9.80 Å². The van der Waals surface area contributed by atoms with E-state index in [1.807, 2.05) is 6.07 Å². The van der Waals surface area contributed by atoms with E-state index in [1.165, 1.54) is 37.7 Å². The summed E-state index contributed by atoms with van der Waals surface area (Å²) >= 11 is 7.19. The summed E-state index contributed by atoms with van der Waals surface area (Å²) in [6.45, 7) is 0.701. The van der Waals surface area contributed by atoms with E-state index in [4.69, 9.17) is 4.74 Å². The Morgan fingerprint density at radius 1 is 1.12 bits per heavy atom. The van der Waals surface area contributed by atoms with Gasteiger partial charge in [-0.05, 0) is 24.5 Å². The Kier molecular flexibility index (Phi) is 5.07. The molecule has 0 heterocycles. The molecule has 1 aliphatic carbocycles. The molecule has 0 bridgehead atoms. The summed E-state index contributed by atoms with van der Waals surface area (Å²) in [4.78, 5) is 0. The molecule has 0 aromatic heterocycles. The third-order valence-electron chi connectivity index (χ3n) is 3.50. The molecule has 2 rings (SSSR count). The van der Waals surface area contributed by atoms with Gasteiger partial charge in [0.15, 0.2) is 0 Å². The smallest absolute Gasteiger partial charge is 0.0783 e. The molecule has 1 saturated carbocycles. The summed E-state index contributed by atoms with van der Waals surface area (Å²) in [5.74, 6) is 0. The molecule has 1 fully saturated rings. The highest BCUT2D eigenvalue weighted by Gasteiger charge is 2.31. The Morgan fingerprint density at radius 2 is 1.82 bits per heavy atom. The van der Waals surface area contributed by atoms with Crippen molar-refractivity contribution >= 4 is 31.9 Å². The van der Waals surface area contributed by atoms with Gasteiger partial charge in [-0.2, -0.15) is 0 Å². The number of hydrogen-bond donors (Lipinski definition) is 0. The van der Waals surface area contributed by atoms with Crippen molar-refractivity contribution in [2.75, 3.05) is 5.33 Å². The normalized spacial score (nSPS) is 19.2. The van der Waals surface area contributed by atoms with Crippen LogP contribution in [0.3, 0.4) is 0 Å². The molecule has 0 unspecified atom stereocenters. The van der Waals surface area contributed by atoms with Gasteiger partial charge in [0.25, 0.3) is 0 Å². The lowest BCUT2D eigenvalue weighted by molar-refractivity contribution is -0.0621. The fourth-order valence-corrected chi connectivity index (χ4v) is 3.48. The van der Waals surface area contributed by atoms with Crippen LogP contribution >= 0.6 is 31.9 Å². The van der Waals surface area contributed by atoms with Crippen molar-refractivity contribution in [1.82, 2.24) is 0 Å². The SMILES string of the molecule is BrCC1(OCc2ccccc2Br)CCCCC1. The predicted molar refractivity (Wildman–Crippen MR) is 78.5 cm³/mol. The quantitative estimate of drug-likeness (QED) is 0.680. The van der Waals surface area contributed by atoms with Crippen LogP contribution in [0, 0.1) is 0 Å². The highest BCUT2D eigenvalue weighted by Crippen LogP contribution is 2.34. The molecule has 0 radical (unpaired) electrons. The zero-order valence-electron chi connectivity index (χ0n) is 9.92. The minimum Gasteiger partial charge on any atom is -0.369 e. The lowest BCUT2D eigenvalue weighted by atomic mass is 9.86. The summed E-state index contributed by atoms with van der Waals surface area (Å²) in [7, 11) is 0. The van der Waals surface area contributed by atoms with E-state index < -0.39 is 0 Å². The maximum atomic E-state index is 6.21. The second-order valence-electron chi connectivity index (χ2n) is 4.76. The summed E-state index contributed by atoms with van der Waals surface area (Å²) in [6, 6.07) is 8.29. The molecular formula is C14H18Br2O. The fraction of sp³-hybridized carbons (Fsp3) is 0.571. The Balaban J connectivity index is 1.98. The fourth-order valence-electron chi connectivity index (χ4n) is 2.36. The van der Waals surface area contributed by atoms with Gasteiger partial charge in [0.2, 0.25) is 0 Å². The van der Waals surface area contributed by atoms with E-state index >= 15 is 0 Å². The van der Waals surface area contributed by atoms with Crippen LogP contribution < -0.4 is 0 Å². The summed E-state index contributed by atoms with van der Waals surface area (Å²) < 4.78 is 7.35. The lowest BCUT2D eigenvalue weighted by Gasteiger charge is -2.35. The van der Waals surface area contributed by atoms with Gasteiger partial charge in [0, 0.05) is 9.80 Å². The van der Waals surface area contributed by atoms with Crippen LogP contribution in [0.5, 0.6) is 0 Å². The topological polar surface area (TPSA) is 9.23 Å². The molecule has 1 aromatic rings. The van der Waals surface area contributed by atoms with Gasteiger partial charge in [-0.1, -0.05) is 69.3 Å². The van der Waals surface area contributed by atoms with Crippen LogP contribution in [0.25, 0.3) is 0 Å². The molecule has 0 spiro atoms. The molecular weight excluding hydrogens is 344 g/mol. The average Bonchev–Trinajstić information content (AvgIpc) is 2.39.